The molecule has 0 saturated heterocycles. The Labute approximate surface area is 70.8 Å². The zero-order chi connectivity index (χ0) is 8.27. The van der Waals surface area contributed by atoms with Crippen LogP contribution in [0.5, 0.6) is 0 Å². The molecule has 0 amide bonds. The number of hydrogen-bond donors (Lipinski definition) is 0. The minimum atomic E-state index is -0.108. The van der Waals surface area contributed by atoms with E-state index in [0.717, 1.165) is 10.6 Å². The molecule has 0 aromatic heterocycles. The largest absolute Gasteiger partial charge is 0.207 e. The van der Waals surface area contributed by atoms with Crippen LogP contribution in [0, 0.1) is 12.7 Å². The van der Waals surface area contributed by atoms with Crippen LogP contribution in [0.4, 0.5) is 4.39 Å². The van der Waals surface area contributed by atoms with Gasteiger partial charge in [0.25, 0.3) is 0 Å². The number of rotatable bonds is 2. The average molecular weight is 170 g/mol. The van der Waals surface area contributed by atoms with Crippen molar-refractivity contribution in [2.45, 2.75) is 18.7 Å². The van der Waals surface area contributed by atoms with Crippen LogP contribution in [-0.2, 0) is 0 Å². The quantitative estimate of drug-likeness (QED) is 0.614. The van der Waals surface area contributed by atoms with E-state index in [0.29, 0.717) is 5.56 Å². The summed E-state index contributed by atoms with van der Waals surface area (Å²) in [4.78, 5) is 1.01. The van der Waals surface area contributed by atoms with Gasteiger partial charge in [-0.05, 0) is 30.4 Å². The smallest absolute Gasteiger partial charge is 0.127 e. The van der Waals surface area contributed by atoms with Crippen LogP contribution >= 0.6 is 11.8 Å². The van der Waals surface area contributed by atoms with E-state index in [9.17, 15) is 4.39 Å². The Morgan fingerprint density at radius 2 is 2.18 bits per heavy atom. The van der Waals surface area contributed by atoms with Crippen molar-refractivity contribution in [3.8, 4) is 0 Å². The monoisotopic (exact) mass is 170 g/mol. The van der Waals surface area contributed by atoms with E-state index in [2.05, 4.69) is 6.92 Å². The first-order valence-electron chi connectivity index (χ1n) is 3.63. The first-order chi connectivity index (χ1) is 5.24. The standard InChI is InChI=1S/C9H11FS/c1-3-11-8-5-4-7(2)9(10)6-8/h4-6H,3H2,1-2H3. The van der Waals surface area contributed by atoms with E-state index in [4.69, 9.17) is 0 Å². The first kappa shape index (κ1) is 8.60. The highest BCUT2D eigenvalue weighted by Crippen LogP contribution is 2.19. The minimum absolute atomic E-state index is 0.108. The summed E-state index contributed by atoms with van der Waals surface area (Å²) in [6.07, 6.45) is 0. The van der Waals surface area contributed by atoms with Gasteiger partial charge < -0.3 is 0 Å². The maximum absolute atomic E-state index is 12.9. The summed E-state index contributed by atoms with van der Waals surface area (Å²) in [6.45, 7) is 3.83. The lowest BCUT2D eigenvalue weighted by Crippen LogP contribution is -1.82. The van der Waals surface area contributed by atoms with Crippen molar-refractivity contribution < 1.29 is 4.39 Å². The summed E-state index contributed by atoms with van der Waals surface area (Å²) < 4.78 is 12.9. The Balaban J connectivity index is 2.86. The lowest BCUT2D eigenvalue weighted by Gasteiger charge is -1.99. The van der Waals surface area contributed by atoms with Crippen molar-refractivity contribution in [3.05, 3.63) is 29.6 Å². The van der Waals surface area contributed by atoms with E-state index < -0.39 is 0 Å². The molecule has 1 rings (SSSR count). The molecule has 0 saturated carbocycles. The third-order valence-corrected chi connectivity index (χ3v) is 2.33. The molecule has 11 heavy (non-hydrogen) atoms. The van der Waals surface area contributed by atoms with Gasteiger partial charge >= 0.3 is 0 Å². The van der Waals surface area contributed by atoms with Crippen LogP contribution in [0.2, 0.25) is 0 Å². The van der Waals surface area contributed by atoms with Crippen molar-refractivity contribution in [3.63, 3.8) is 0 Å². The molecule has 0 heterocycles. The Morgan fingerprint density at radius 3 is 2.73 bits per heavy atom. The summed E-state index contributed by atoms with van der Waals surface area (Å²) in [5.41, 5.74) is 0.713. The van der Waals surface area contributed by atoms with Crippen molar-refractivity contribution in [1.29, 1.82) is 0 Å². The van der Waals surface area contributed by atoms with Gasteiger partial charge in [0.05, 0.1) is 0 Å². The number of hydrogen-bond acceptors (Lipinski definition) is 1. The normalized spacial score (nSPS) is 10.1. The fraction of sp³-hybridized carbons (Fsp3) is 0.333. The van der Waals surface area contributed by atoms with Gasteiger partial charge in [-0.3, -0.25) is 0 Å². The maximum Gasteiger partial charge on any atom is 0.127 e. The van der Waals surface area contributed by atoms with Crippen LogP contribution < -0.4 is 0 Å². The first-order valence-corrected chi connectivity index (χ1v) is 4.61. The second-order valence-electron chi connectivity index (χ2n) is 2.34. The number of benzene rings is 1. The second-order valence-corrected chi connectivity index (χ2v) is 3.68. The molecule has 0 radical (unpaired) electrons. The molecule has 0 nitrogen and oxygen atoms in total. The molecule has 0 aliphatic rings. The zero-order valence-electron chi connectivity index (χ0n) is 6.73. The van der Waals surface area contributed by atoms with Crippen molar-refractivity contribution in [1.82, 2.24) is 0 Å². The molecular weight excluding hydrogens is 159 g/mol. The Morgan fingerprint density at radius 1 is 1.45 bits per heavy atom. The van der Waals surface area contributed by atoms with Crippen LogP contribution in [-0.4, -0.2) is 5.75 Å². The molecule has 1 aromatic carbocycles. The van der Waals surface area contributed by atoms with Gasteiger partial charge in [-0.15, -0.1) is 11.8 Å². The van der Waals surface area contributed by atoms with Crippen LogP contribution in [0.3, 0.4) is 0 Å². The van der Waals surface area contributed by atoms with Crippen molar-refractivity contribution in [2.24, 2.45) is 0 Å². The van der Waals surface area contributed by atoms with Gasteiger partial charge in [0.15, 0.2) is 0 Å². The summed E-state index contributed by atoms with van der Waals surface area (Å²) in [6, 6.07) is 5.35. The van der Waals surface area contributed by atoms with Crippen molar-refractivity contribution >= 4 is 11.8 Å². The fourth-order valence-corrected chi connectivity index (χ4v) is 1.51. The Kier molecular flexibility index (Phi) is 2.94. The fourth-order valence-electron chi connectivity index (χ4n) is 0.830. The molecule has 0 atom stereocenters. The van der Waals surface area contributed by atoms with Crippen LogP contribution in [0.1, 0.15) is 12.5 Å². The summed E-state index contributed by atoms with van der Waals surface area (Å²) in [7, 11) is 0. The average Bonchev–Trinajstić information content (AvgIpc) is 1.98. The Bertz CT molecular complexity index is 245. The van der Waals surface area contributed by atoms with Gasteiger partial charge in [-0.1, -0.05) is 13.0 Å². The minimum Gasteiger partial charge on any atom is -0.207 e. The van der Waals surface area contributed by atoms with E-state index in [1.165, 1.54) is 0 Å². The van der Waals surface area contributed by atoms with E-state index in [1.807, 2.05) is 12.1 Å². The summed E-state index contributed by atoms with van der Waals surface area (Å²) >= 11 is 1.66. The molecule has 0 fully saturated rings. The van der Waals surface area contributed by atoms with Gasteiger partial charge in [-0.2, -0.15) is 0 Å². The summed E-state index contributed by atoms with van der Waals surface area (Å²) in [5, 5.41) is 0. The molecule has 0 N–H and O–H groups in total. The molecule has 60 valence electrons. The van der Waals surface area contributed by atoms with Gasteiger partial charge in [0.2, 0.25) is 0 Å². The maximum atomic E-state index is 12.9. The van der Waals surface area contributed by atoms with Crippen molar-refractivity contribution in [2.75, 3.05) is 5.75 Å². The van der Waals surface area contributed by atoms with E-state index in [-0.39, 0.29) is 5.82 Å². The third kappa shape index (κ3) is 2.22. The van der Waals surface area contributed by atoms with Crippen LogP contribution in [0.15, 0.2) is 23.1 Å². The number of aryl methyl sites for hydroxylation is 1. The van der Waals surface area contributed by atoms with Gasteiger partial charge in [0.1, 0.15) is 5.82 Å². The molecule has 1 aromatic rings. The molecule has 0 aliphatic carbocycles. The highest BCUT2D eigenvalue weighted by molar-refractivity contribution is 7.99. The molecule has 0 aliphatic heterocycles. The lowest BCUT2D eigenvalue weighted by molar-refractivity contribution is 0.615. The topological polar surface area (TPSA) is 0 Å². The Hall–Kier alpha value is -0.500. The molecule has 0 spiro atoms. The lowest BCUT2D eigenvalue weighted by atomic mass is 10.2. The molecule has 0 unspecified atom stereocenters. The molecule has 0 bridgehead atoms. The highest BCUT2D eigenvalue weighted by atomic mass is 32.2. The van der Waals surface area contributed by atoms with Crippen LogP contribution in [0.25, 0.3) is 0 Å². The molecule has 2 heteroatoms. The van der Waals surface area contributed by atoms with E-state index >= 15 is 0 Å². The summed E-state index contributed by atoms with van der Waals surface area (Å²) in [5.74, 6) is 0.881. The second kappa shape index (κ2) is 3.77. The number of halogens is 1. The van der Waals surface area contributed by atoms with Gasteiger partial charge in [-0.25, -0.2) is 4.39 Å². The number of thioether (sulfide) groups is 1. The highest BCUT2D eigenvalue weighted by Gasteiger charge is 1.97. The SMILES string of the molecule is CCSc1ccc(C)c(F)c1. The van der Waals surface area contributed by atoms with Gasteiger partial charge in [0, 0.05) is 4.90 Å². The predicted octanol–water partition coefficient (Wildman–Crippen LogP) is 3.25. The molecular formula is C9H11FS. The zero-order valence-corrected chi connectivity index (χ0v) is 7.54. The van der Waals surface area contributed by atoms with E-state index in [1.54, 1.807) is 24.8 Å². The third-order valence-electron chi connectivity index (χ3n) is 1.45. The predicted molar refractivity (Wildman–Crippen MR) is 47.5 cm³/mol.